The SMILES string of the molecule is Cn1cc(-c2nc([C@@H]3COCCN3Cc3ccc(C(F)(F)F)cc3)no2)cn1. The van der Waals surface area contributed by atoms with Crippen LogP contribution in [0.25, 0.3) is 11.5 Å². The lowest BCUT2D eigenvalue weighted by Crippen LogP contribution is -2.39. The van der Waals surface area contributed by atoms with Gasteiger partial charge in [-0.2, -0.15) is 23.3 Å². The van der Waals surface area contributed by atoms with Gasteiger partial charge in [-0.25, -0.2) is 0 Å². The molecule has 10 heteroatoms. The van der Waals surface area contributed by atoms with Crippen LogP contribution in [-0.2, 0) is 24.5 Å². The molecule has 148 valence electrons. The molecule has 28 heavy (non-hydrogen) atoms. The van der Waals surface area contributed by atoms with Crippen molar-refractivity contribution in [1.29, 1.82) is 0 Å². The molecule has 1 saturated heterocycles. The fourth-order valence-electron chi connectivity index (χ4n) is 3.12. The van der Waals surface area contributed by atoms with Crippen LogP contribution in [0, 0.1) is 0 Å². The van der Waals surface area contributed by atoms with Crippen molar-refractivity contribution in [3.05, 3.63) is 53.6 Å². The topological polar surface area (TPSA) is 69.2 Å². The first kappa shape index (κ1) is 18.6. The van der Waals surface area contributed by atoms with Crippen molar-refractivity contribution >= 4 is 0 Å². The Kier molecular flexibility index (Phi) is 4.90. The van der Waals surface area contributed by atoms with Crippen molar-refractivity contribution < 1.29 is 22.4 Å². The molecular formula is C18H18F3N5O2. The predicted molar refractivity (Wildman–Crippen MR) is 91.9 cm³/mol. The van der Waals surface area contributed by atoms with Crippen molar-refractivity contribution in [2.45, 2.75) is 18.8 Å². The Labute approximate surface area is 158 Å². The first-order valence-corrected chi connectivity index (χ1v) is 8.71. The number of alkyl halides is 3. The first-order valence-electron chi connectivity index (χ1n) is 8.71. The van der Waals surface area contributed by atoms with Gasteiger partial charge in [-0.3, -0.25) is 9.58 Å². The highest BCUT2D eigenvalue weighted by molar-refractivity contribution is 5.49. The molecule has 7 nitrogen and oxygen atoms in total. The second kappa shape index (κ2) is 7.36. The van der Waals surface area contributed by atoms with E-state index in [0.29, 0.717) is 43.6 Å². The van der Waals surface area contributed by atoms with Crippen molar-refractivity contribution in [3.63, 3.8) is 0 Å². The molecule has 2 aromatic heterocycles. The first-order chi connectivity index (χ1) is 13.4. The summed E-state index contributed by atoms with van der Waals surface area (Å²) in [4.78, 5) is 6.53. The Bertz CT molecular complexity index is 935. The van der Waals surface area contributed by atoms with Crippen LogP contribution >= 0.6 is 0 Å². The van der Waals surface area contributed by atoms with Gasteiger partial charge < -0.3 is 9.26 Å². The van der Waals surface area contributed by atoms with Gasteiger partial charge >= 0.3 is 6.18 Å². The van der Waals surface area contributed by atoms with Gasteiger partial charge in [0.05, 0.1) is 36.6 Å². The van der Waals surface area contributed by atoms with E-state index < -0.39 is 11.7 Å². The van der Waals surface area contributed by atoms with E-state index in [-0.39, 0.29) is 6.04 Å². The third-order valence-electron chi connectivity index (χ3n) is 4.60. The monoisotopic (exact) mass is 393 g/mol. The Morgan fingerprint density at radius 1 is 1.21 bits per heavy atom. The zero-order chi connectivity index (χ0) is 19.7. The van der Waals surface area contributed by atoms with Crippen molar-refractivity contribution in [2.24, 2.45) is 7.05 Å². The fourth-order valence-corrected chi connectivity index (χ4v) is 3.12. The number of halogens is 3. The number of morpholine rings is 1. The normalized spacial score (nSPS) is 18.5. The Morgan fingerprint density at radius 2 is 2.00 bits per heavy atom. The number of aromatic nitrogens is 4. The van der Waals surface area contributed by atoms with Gasteiger partial charge in [0, 0.05) is 26.3 Å². The van der Waals surface area contributed by atoms with E-state index >= 15 is 0 Å². The summed E-state index contributed by atoms with van der Waals surface area (Å²) in [5, 5.41) is 8.15. The zero-order valence-electron chi connectivity index (χ0n) is 15.1. The molecule has 1 aromatic carbocycles. The second-order valence-electron chi connectivity index (χ2n) is 6.62. The van der Waals surface area contributed by atoms with Crippen LogP contribution < -0.4 is 0 Å². The summed E-state index contributed by atoms with van der Waals surface area (Å²) in [6, 6.07) is 4.93. The molecule has 0 radical (unpaired) electrons. The predicted octanol–water partition coefficient (Wildman–Crippen LogP) is 3.06. The highest BCUT2D eigenvalue weighted by Crippen LogP contribution is 2.30. The van der Waals surface area contributed by atoms with Gasteiger partial charge in [-0.05, 0) is 17.7 Å². The number of ether oxygens (including phenoxy) is 1. The molecule has 0 saturated carbocycles. The van der Waals surface area contributed by atoms with Gasteiger partial charge in [0.15, 0.2) is 5.82 Å². The van der Waals surface area contributed by atoms with E-state index in [1.807, 2.05) is 0 Å². The average molecular weight is 393 g/mol. The van der Waals surface area contributed by atoms with E-state index in [9.17, 15) is 13.2 Å². The molecule has 0 spiro atoms. The van der Waals surface area contributed by atoms with Gasteiger partial charge in [0.25, 0.3) is 5.89 Å². The summed E-state index contributed by atoms with van der Waals surface area (Å²) in [7, 11) is 1.79. The van der Waals surface area contributed by atoms with Crippen LogP contribution in [0.2, 0.25) is 0 Å². The Balaban J connectivity index is 1.51. The maximum absolute atomic E-state index is 12.7. The lowest BCUT2D eigenvalue weighted by molar-refractivity contribution is -0.137. The molecule has 0 bridgehead atoms. The lowest BCUT2D eigenvalue weighted by Gasteiger charge is -2.33. The molecule has 1 fully saturated rings. The van der Waals surface area contributed by atoms with E-state index in [1.165, 1.54) is 12.1 Å². The number of benzene rings is 1. The number of hydrogen-bond donors (Lipinski definition) is 0. The molecule has 0 amide bonds. The molecule has 0 aliphatic carbocycles. The summed E-state index contributed by atoms with van der Waals surface area (Å²) in [6.45, 7) is 1.99. The third-order valence-corrected chi connectivity index (χ3v) is 4.60. The van der Waals surface area contributed by atoms with Gasteiger partial charge in [-0.1, -0.05) is 17.3 Å². The molecule has 3 aromatic rings. The van der Waals surface area contributed by atoms with Crippen LogP contribution in [0.15, 0.2) is 41.2 Å². The third kappa shape index (κ3) is 3.92. The fraction of sp³-hybridized carbons (Fsp3) is 0.389. The number of hydrogen-bond acceptors (Lipinski definition) is 6. The average Bonchev–Trinajstić information content (AvgIpc) is 3.31. The summed E-state index contributed by atoms with van der Waals surface area (Å²) in [5.41, 5.74) is 0.831. The standard InChI is InChI=1S/C18H18F3N5O2/c1-25-10-13(8-22-25)17-23-16(24-28-17)15-11-27-7-6-26(15)9-12-2-4-14(5-3-12)18(19,20)21/h2-5,8,10,15H,6-7,9,11H2,1H3/t15-/m0/s1. The van der Waals surface area contributed by atoms with E-state index in [4.69, 9.17) is 9.26 Å². The Hall–Kier alpha value is -2.72. The van der Waals surface area contributed by atoms with Crippen LogP contribution in [0.5, 0.6) is 0 Å². The van der Waals surface area contributed by atoms with Crippen molar-refractivity contribution in [1.82, 2.24) is 24.8 Å². The highest BCUT2D eigenvalue weighted by Gasteiger charge is 2.31. The molecule has 1 aliphatic rings. The minimum atomic E-state index is -4.34. The molecule has 1 atom stereocenters. The molecule has 0 unspecified atom stereocenters. The van der Waals surface area contributed by atoms with Crippen LogP contribution in [0.4, 0.5) is 13.2 Å². The van der Waals surface area contributed by atoms with Crippen LogP contribution in [0.1, 0.15) is 23.0 Å². The summed E-state index contributed by atoms with van der Waals surface area (Å²) in [5.74, 6) is 0.841. The molecule has 4 rings (SSSR count). The quantitative estimate of drug-likeness (QED) is 0.679. The van der Waals surface area contributed by atoms with E-state index in [0.717, 1.165) is 17.7 Å². The maximum atomic E-state index is 12.7. The minimum Gasteiger partial charge on any atom is -0.378 e. The molecular weight excluding hydrogens is 375 g/mol. The van der Waals surface area contributed by atoms with Crippen LogP contribution in [0.3, 0.4) is 0 Å². The minimum absolute atomic E-state index is 0.245. The zero-order valence-corrected chi connectivity index (χ0v) is 15.1. The van der Waals surface area contributed by atoms with Gasteiger partial charge in [0.2, 0.25) is 0 Å². The van der Waals surface area contributed by atoms with Crippen molar-refractivity contribution in [2.75, 3.05) is 19.8 Å². The van der Waals surface area contributed by atoms with E-state index in [2.05, 4.69) is 20.1 Å². The smallest absolute Gasteiger partial charge is 0.378 e. The number of nitrogens with zero attached hydrogens (tertiary/aromatic N) is 5. The molecule has 1 aliphatic heterocycles. The summed E-state index contributed by atoms with van der Waals surface area (Å²) >= 11 is 0. The van der Waals surface area contributed by atoms with Crippen molar-refractivity contribution in [3.8, 4) is 11.5 Å². The Morgan fingerprint density at radius 3 is 2.68 bits per heavy atom. The molecule has 0 N–H and O–H groups in total. The summed E-state index contributed by atoms with van der Waals surface area (Å²) < 4.78 is 50.8. The van der Waals surface area contributed by atoms with E-state index in [1.54, 1.807) is 24.1 Å². The maximum Gasteiger partial charge on any atom is 0.416 e. The van der Waals surface area contributed by atoms with Gasteiger partial charge in [-0.15, -0.1) is 0 Å². The largest absolute Gasteiger partial charge is 0.416 e. The lowest BCUT2D eigenvalue weighted by atomic mass is 10.1. The van der Waals surface area contributed by atoms with Gasteiger partial charge in [0.1, 0.15) is 0 Å². The molecule has 3 heterocycles. The number of rotatable bonds is 4. The second-order valence-corrected chi connectivity index (χ2v) is 6.62. The number of aryl methyl sites for hydroxylation is 1. The highest BCUT2D eigenvalue weighted by atomic mass is 19.4. The van der Waals surface area contributed by atoms with Crippen LogP contribution in [-0.4, -0.2) is 44.6 Å². The summed E-state index contributed by atoms with van der Waals surface area (Å²) in [6.07, 6.45) is -0.934.